The summed E-state index contributed by atoms with van der Waals surface area (Å²) in [5.41, 5.74) is -1.74. The number of carboxylic acid groups (broad SMARTS) is 1. The largest absolute Gasteiger partial charge is 0.481 e. The third-order valence-electron chi connectivity index (χ3n) is 6.00. The van der Waals surface area contributed by atoms with E-state index < -0.39 is 34.7 Å². The first-order valence-corrected chi connectivity index (χ1v) is 16.2. The second-order valence-electron chi connectivity index (χ2n) is 17.4. The molecule has 0 spiro atoms. The Kier molecular flexibility index (Phi) is 16.5. The maximum absolute atomic E-state index is 11.5. The molecule has 0 aromatic rings. The summed E-state index contributed by atoms with van der Waals surface area (Å²) < 4.78 is 0. The van der Waals surface area contributed by atoms with Crippen LogP contribution in [0.5, 0.6) is 0 Å². The van der Waals surface area contributed by atoms with Crippen LogP contribution in [0.4, 0.5) is 0 Å². The standard InChI is InChI=1S/C17H34O6.C17H34O4/c1-9-10-11-13(14(18)19)12-17(8,22-20-15(2,3)4)23-21-16(5,6)7;1-13-10-16(8,9)12-17(11-13,20-18-14(2,3)4)21-19-15(5,6)7/h13H,9-12H2,1-8H3,(H,18,19);13H,10-12H2,1-9H3. The normalized spacial score (nSPS) is 20.1. The lowest BCUT2D eigenvalue weighted by molar-refractivity contribution is -0.551. The van der Waals surface area contributed by atoms with Gasteiger partial charge >= 0.3 is 5.97 Å². The van der Waals surface area contributed by atoms with E-state index in [4.69, 9.17) is 39.1 Å². The van der Waals surface area contributed by atoms with Crippen LogP contribution in [-0.4, -0.2) is 45.1 Å². The second kappa shape index (κ2) is 16.8. The van der Waals surface area contributed by atoms with Crippen molar-refractivity contribution in [3.05, 3.63) is 0 Å². The maximum Gasteiger partial charge on any atom is 0.306 e. The lowest BCUT2D eigenvalue weighted by atomic mass is 9.70. The highest BCUT2D eigenvalue weighted by Gasteiger charge is 2.48. The minimum Gasteiger partial charge on any atom is -0.481 e. The molecule has 0 heterocycles. The lowest BCUT2D eigenvalue weighted by Gasteiger charge is -2.46. The summed E-state index contributed by atoms with van der Waals surface area (Å²) in [6.45, 7) is 33.1. The molecule has 1 saturated carbocycles. The van der Waals surface area contributed by atoms with E-state index in [0.717, 1.165) is 32.1 Å². The molecule has 1 fully saturated rings. The Balaban J connectivity index is 0.000000843. The number of aliphatic carboxylic acids is 1. The van der Waals surface area contributed by atoms with Crippen LogP contribution in [0.1, 0.15) is 163 Å². The number of unbranched alkanes of at least 4 members (excludes halogenated alkanes) is 1. The number of carbonyl (C=O) groups is 1. The zero-order valence-corrected chi connectivity index (χ0v) is 31.2. The molecule has 2 atom stereocenters. The fourth-order valence-corrected chi connectivity index (χ4v) is 4.68. The van der Waals surface area contributed by atoms with E-state index in [1.54, 1.807) is 6.92 Å². The quantitative estimate of drug-likeness (QED) is 0.112. The van der Waals surface area contributed by atoms with Crippen molar-refractivity contribution in [2.75, 3.05) is 0 Å². The fraction of sp³-hybridized carbons (Fsp3) is 0.971. The van der Waals surface area contributed by atoms with Crippen molar-refractivity contribution in [1.82, 2.24) is 0 Å². The smallest absolute Gasteiger partial charge is 0.306 e. The van der Waals surface area contributed by atoms with Crippen molar-refractivity contribution in [1.29, 1.82) is 0 Å². The minimum absolute atomic E-state index is 0.125. The summed E-state index contributed by atoms with van der Waals surface area (Å²) in [6.07, 6.45) is 5.10. The van der Waals surface area contributed by atoms with Crippen molar-refractivity contribution >= 4 is 5.97 Å². The van der Waals surface area contributed by atoms with Crippen LogP contribution < -0.4 is 0 Å². The van der Waals surface area contributed by atoms with Crippen molar-refractivity contribution in [3.8, 4) is 0 Å². The average molecular weight is 637 g/mol. The van der Waals surface area contributed by atoms with Gasteiger partial charge in [0, 0.05) is 19.3 Å². The third kappa shape index (κ3) is 21.0. The first kappa shape index (κ1) is 43.1. The summed E-state index contributed by atoms with van der Waals surface area (Å²) in [5.74, 6) is -3.13. The molecule has 264 valence electrons. The monoisotopic (exact) mass is 636 g/mol. The Hall–Kier alpha value is -0.850. The lowest BCUT2D eigenvalue weighted by Crippen LogP contribution is -2.48. The summed E-state index contributed by atoms with van der Waals surface area (Å²) in [4.78, 5) is 55.8. The molecule has 0 amide bonds. The highest BCUT2D eigenvalue weighted by molar-refractivity contribution is 5.70. The molecule has 10 heteroatoms. The third-order valence-corrected chi connectivity index (χ3v) is 6.00. The average Bonchev–Trinajstić information content (AvgIpc) is 2.79. The Bertz CT molecular complexity index is 791. The van der Waals surface area contributed by atoms with Crippen molar-refractivity contribution in [3.63, 3.8) is 0 Å². The molecular formula is C34H68O10. The first-order valence-electron chi connectivity index (χ1n) is 16.2. The number of hydrogen-bond acceptors (Lipinski definition) is 9. The molecule has 1 N–H and O–H groups in total. The van der Waals surface area contributed by atoms with Gasteiger partial charge in [-0.25, -0.2) is 19.6 Å². The predicted molar refractivity (Wildman–Crippen MR) is 171 cm³/mol. The predicted octanol–water partition coefficient (Wildman–Crippen LogP) is 9.50. The van der Waals surface area contributed by atoms with Crippen molar-refractivity contribution in [2.24, 2.45) is 17.3 Å². The van der Waals surface area contributed by atoms with Gasteiger partial charge in [0.05, 0.1) is 28.3 Å². The summed E-state index contributed by atoms with van der Waals surface area (Å²) in [6, 6.07) is 0. The number of hydrogen-bond donors (Lipinski definition) is 1. The van der Waals surface area contributed by atoms with Gasteiger partial charge < -0.3 is 5.11 Å². The van der Waals surface area contributed by atoms with Gasteiger partial charge in [-0.3, -0.25) is 4.79 Å². The van der Waals surface area contributed by atoms with Crippen LogP contribution in [0.25, 0.3) is 0 Å². The Morgan fingerprint density at radius 2 is 1.14 bits per heavy atom. The molecular weight excluding hydrogens is 568 g/mol. The van der Waals surface area contributed by atoms with Gasteiger partial charge in [0.15, 0.2) is 0 Å². The summed E-state index contributed by atoms with van der Waals surface area (Å²) in [7, 11) is 0. The van der Waals surface area contributed by atoms with Gasteiger partial charge in [0.1, 0.15) is 0 Å². The van der Waals surface area contributed by atoms with Crippen molar-refractivity contribution < 1.29 is 49.0 Å². The van der Waals surface area contributed by atoms with Crippen LogP contribution in [0.3, 0.4) is 0 Å². The van der Waals surface area contributed by atoms with Crippen LogP contribution >= 0.6 is 0 Å². The van der Waals surface area contributed by atoms with E-state index in [0.29, 0.717) is 12.3 Å². The Morgan fingerprint density at radius 3 is 1.45 bits per heavy atom. The van der Waals surface area contributed by atoms with Gasteiger partial charge in [-0.2, -0.15) is 19.6 Å². The van der Waals surface area contributed by atoms with E-state index in [-0.39, 0.29) is 23.0 Å². The first-order chi connectivity index (χ1) is 19.5. The Morgan fingerprint density at radius 1 is 0.727 bits per heavy atom. The fourth-order valence-electron chi connectivity index (χ4n) is 4.68. The molecule has 0 aromatic heterocycles. The molecule has 0 radical (unpaired) electrons. The van der Waals surface area contributed by atoms with Gasteiger partial charge in [-0.05, 0) is 114 Å². The van der Waals surface area contributed by atoms with Gasteiger partial charge in [-0.15, -0.1) is 0 Å². The van der Waals surface area contributed by atoms with Crippen molar-refractivity contribution in [2.45, 2.75) is 197 Å². The van der Waals surface area contributed by atoms with E-state index in [2.05, 4.69) is 20.8 Å². The molecule has 1 rings (SSSR count). The molecule has 0 aliphatic heterocycles. The molecule has 0 bridgehead atoms. The maximum atomic E-state index is 11.5. The topological polar surface area (TPSA) is 111 Å². The van der Waals surface area contributed by atoms with E-state index in [1.165, 1.54) is 0 Å². The van der Waals surface area contributed by atoms with Gasteiger partial charge in [0.2, 0.25) is 11.6 Å². The highest BCUT2D eigenvalue weighted by Crippen LogP contribution is 2.47. The van der Waals surface area contributed by atoms with Crippen LogP contribution in [-0.2, 0) is 43.9 Å². The van der Waals surface area contributed by atoms with Crippen LogP contribution in [0.2, 0.25) is 0 Å². The molecule has 1 aliphatic rings. The van der Waals surface area contributed by atoms with E-state index in [1.807, 2.05) is 90.0 Å². The molecule has 0 saturated heterocycles. The molecule has 0 aromatic carbocycles. The molecule has 2 unspecified atom stereocenters. The van der Waals surface area contributed by atoms with Crippen LogP contribution in [0.15, 0.2) is 0 Å². The van der Waals surface area contributed by atoms with Crippen LogP contribution in [0, 0.1) is 17.3 Å². The van der Waals surface area contributed by atoms with E-state index >= 15 is 0 Å². The molecule has 1 aliphatic carbocycles. The zero-order chi connectivity index (χ0) is 34.8. The second-order valence-corrected chi connectivity index (χ2v) is 17.4. The molecule has 44 heavy (non-hydrogen) atoms. The highest BCUT2D eigenvalue weighted by atomic mass is 17.3. The van der Waals surface area contributed by atoms with Gasteiger partial charge in [-0.1, -0.05) is 40.5 Å². The molecule has 10 nitrogen and oxygen atoms in total. The zero-order valence-electron chi connectivity index (χ0n) is 31.2. The minimum atomic E-state index is -1.31. The Labute approximate surface area is 268 Å². The van der Waals surface area contributed by atoms with E-state index in [9.17, 15) is 9.90 Å². The summed E-state index contributed by atoms with van der Waals surface area (Å²) in [5, 5.41) is 9.43. The van der Waals surface area contributed by atoms with Gasteiger partial charge in [0.25, 0.3) is 0 Å². The summed E-state index contributed by atoms with van der Waals surface area (Å²) >= 11 is 0. The SMILES string of the molecule is CC1CC(C)(C)CC(OOC(C)(C)C)(OOC(C)(C)C)C1.CCCCC(CC(C)(OOC(C)(C)C)OOC(C)(C)C)C(=O)O. The number of carboxylic acids is 1. The number of rotatable bonds is 14.